The van der Waals surface area contributed by atoms with Crippen LogP contribution in [-0.2, 0) is 0 Å². The molecule has 2 heteroatoms. The van der Waals surface area contributed by atoms with Crippen molar-refractivity contribution in [1.29, 1.82) is 0 Å². The molecule has 1 saturated heterocycles. The van der Waals surface area contributed by atoms with Crippen LogP contribution in [0, 0.1) is 0 Å². The Hall–Kier alpha value is -0.0800. The fraction of sp³-hybridized carbons (Fsp3) is 1.00. The van der Waals surface area contributed by atoms with Crippen molar-refractivity contribution in [1.82, 2.24) is 9.80 Å². The normalized spacial score (nSPS) is 20.9. The first-order chi connectivity index (χ1) is 10.0. The third-order valence-corrected chi connectivity index (χ3v) is 5.45. The lowest BCUT2D eigenvalue weighted by Gasteiger charge is -2.47. The maximum absolute atomic E-state index is 2.81. The summed E-state index contributed by atoms with van der Waals surface area (Å²) >= 11 is 0. The zero-order chi connectivity index (χ0) is 15.7. The fourth-order valence-corrected chi connectivity index (χ4v) is 3.71. The Kier molecular flexibility index (Phi) is 8.89. The predicted octanol–water partition coefficient (Wildman–Crippen LogP) is 4.93. The number of unbranched alkanes of at least 4 members (excludes halogenated alkanes) is 4. The highest BCUT2D eigenvalue weighted by Gasteiger charge is 2.33. The molecule has 1 rings (SSSR count). The lowest BCUT2D eigenvalue weighted by molar-refractivity contribution is 0.0190. The van der Waals surface area contributed by atoms with Gasteiger partial charge in [-0.2, -0.15) is 0 Å². The summed E-state index contributed by atoms with van der Waals surface area (Å²) in [4.78, 5) is 5.45. The van der Waals surface area contributed by atoms with Crippen LogP contribution in [0.3, 0.4) is 0 Å². The van der Waals surface area contributed by atoms with E-state index in [9.17, 15) is 0 Å². The number of hydrogen-bond donors (Lipinski definition) is 0. The maximum Gasteiger partial charge on any atom is 0.0182 e. The van der Waals surface area contributed by atoms with Gasteiger partial charge in [-0.25, -0.2) is 0 Å². The molecule has 1 heterocycles. The molecule has 0 saturated carbocycles. The molecule has 126 valence electrons. The molecule has 0 aliphatic carbocycles. The molecule has 21 heavy (non-hydrogen) atoms. The van der Waals surface area contributed by atoms with E-state index in [0.717, 1.165) is 0 Å². The molecule has 0 aromatic carbocycles. The molecule has 0 spiro atoms. The Bertz CT molecular complexity index is 256. The van der Waals surface area contributed by atoms with Gasteiger partial charge in [-0.1, -0.05) is 52.4 Å². The first kappa shape index (κ1) is 19.0. The van der Waals surface area contributed by atoms with Crippen LogP contribution in [-0.4, -0.2) is 47.6 Å². The predicted molar refractivity (Wildman–Crippen MR) is 95.0 cm³/mol. The molecule has 1 fully saturated rings. The van der Waals surface area contributed by atoms with Gasteiger partial charge in [-0.3, -0.25) is 9.80 Å². The summed E-state index contributed by atoms with van der Waals surface area (Å²) in [6, 6.07) is 0.707. The molecular weight excluding hydrogens is 256 g/mol. The van der Waals surface area contributed by atoms with Gasteiger partial charge in [0.2, 0.25) is 0 Å². The molecule has 0 bridgehead atoms. The van der Waals surface area contributed by atoms with Crippen LogP contribution < -0.4 is 0 Å². The molecule has 1 aliphatic heterocycles. The molecule has 1 unspecified atom stereocenters. The summed E-state index contributed by atoms with van der Waals surface area (Å²) in [6.45, 7) is 16.9. The highest BCUT2D eigenvalue weighted by atomic mass is 15.3. The van der Waals surface area contributed by atoms with Gasteiger partial charge in [0.25, 0.3) is 0 Å². The van der Waals surface area contributed by atoms with E-state index >= 15 is 0 Å². The van der Waals surface area contributed by atoms with Gasteiger partial charge in [0.15, 0.2) is 0 Å². The molecule has 2 nitrogen and oxygen atoms in total. The quantitative estimate of drug-likeness (QED) is 0.527. The second-order valence-corrected chi connectivity index (χ2v) is 7.53. The molecule has 1 atom stereocenters. The molecule has 1 aliphatic rings. The summed E-state index contributed by atoms with van der Waals surface area (Å²) in [5.74, 6) is 0. The lowest BCUT2D eigenvalue weighted by atomic mass is 9.86. The van der Waals surface area contributed by atoms with Crippen molar-refractivity contribution >= 4 is 0 Å². The highest BCUT2D eigenvalue weighted by Crippen LogP contribution is 2.30. The molecule has 0 aromatic rings. The van der Waals surface area contributed by atoms with Crippen molar-refractivity contribution in [2.45, 2.75) is 97.6 Å². The van der Waals surface area contributed by atoms with E-state index in [-0.39, 0.29) is 0 Å². The van der Waals surface area contributed by atoms with Crippen molar-refractivity contribution in [2.24, 2.45) is 0 Å². The number of hydrogen-bond acceptors (Lipinski definition) is 2. The number of nitrogens with zero attached hydrogens (tertiary/aromatic N) is 2. The van der Waals surface area contributed by atoms with E-state index in [1.165, 1.54) is 77.5 Å². The van der Waals surface area contributed by atoms with Crippen molar-refractivity contribution in [3.63, 3.8) is 0 Å². The zero-order valence-corrected chi connectivity index (χ0v) is 15.5. The van der Waals surface area contributed by atoms with Gasteiger partial charge in [0.05, 0.1) is 0 Å². The molecule has 0 radical (unpaired) electrons. The lowest BCUT2D eigenvalue weighted by Crippen LogP contribution is -2.56. The Morgan fingerprint density at radius 1 is 0.810 bits per heavy atom. The summed E-state index contributed by atoms with van der Waals surface area (Å²) in [5, 5.41) is 0. The summed E-state index contributed by atoms with van der Waals surface area (Å²) in [7, 11) is 0. The Balaban J connectivity index is 2.51. The Labute approximate surface area is 134 Å². The van der Waals surface area contributed by atoms with E-state index in [4.69, 9.17) is 0 Å². The summed E-state index contributed by atoms with van der Waals surface area (Å²) in [5.41, 5.74) is 0.451. The SMILES string of the molecule is CCCCCCC(C)(CCCC)N1CCN(C(C)C)CC1. The number of rotatable bonds is 10. The first-order valence-electron chi connectivity index (χ1n) is 9.52. The van der Waals surface area contributed by atoms with Crippen molar-refractivity contribution in [3.8, 4) is 0 Å². The van der Waals surface area contributed by atoms with Crippen molar-refractivity contribution < 1.29 is 0 Å². The highest BCUT2D eigenvalue weighted by molar-refractivity contribution is 4.89. The van der Waals surface area contributed by atoms with Crippen molar-refractivity contribution in [3.05, 3.63) is 0 Å². The molecule has 0 aromatic heterocycles. The smallest absolute Gasteiger partial charge is 0.0182 e. The van der Waals surface area contributed by atoms with E-state index in [2.05, 4.69) is 44.4 Å². The van der Waals surface area contributed by atoms with E-state index < -0.39 is 0 Å². The second kappa shape index (κ2) is 9.84. The summed E-state index contributed by atoms with van der Waals surface area (Å²) < 4.78 is 0. The van der Waals surface area contributed by atoms with Crippen LogP contribution in [0.2, 0.25) is 0 Å². The largest absolute Gasteiger partial charge is 0.298 e. The van der Waals surface area contributed by atoms with Gasteiger partial charge in [-0.15, -0.1) is 0 Å². The maximum atomic E-state index is 2.81. The minimum Gasteiger partial charge on any atom is -0.298 e. The van der Waals surface area contributed by atoms with Crippen LogP contribution in [0.5, 0.6) is 0 Å². The van der Waals surface area contributed by atoms with Gasteiger partial charge < -0.3 is 0 Å². The molecular formula is C19H40N2. The van der Waals surface area contributed by atoms with Gasteiger partial charge in [0.1, 0.15) is 0 Å². The van der Waals surface area contributed by atoms with Gasteiger partial charge >= 0.3 is 0 Å². The third kappa shape index (κ3) is 6.28. The first-order valence-corrected chi connectivity index (χ1v) is 9.52. The van der Waals surface area contributed by atoms with E-state index in [0.29, 0.717) is 11.6 Å². The second-order valence-electron chi connectivity index (χ2n) is 7.53. The van der Waals surface area contributed by atoms with Crippen LogP contribution in [0.4, 0.5) is 0 Å². The third-order valence-electron chi connectivity index (χ3n) is 5.45. The molecule has 0 amide bonds. The van der Waals surface area contributed by atoms with Crippen LogP contribution in [0.25, 0.3) is 0 Å². The van der Waals surface area contributed by atoms with E-state index in [1.807, 2.05) is 0 Å². The van der Waals surface area contributed by atoms with E-state index in [1.54, 1.807) is 0 Å². The standard InChI is InChI=1S/C19H40N2/c1-6-8-10-11-13-19(5,12-9-7-2)21-16-14-20(15-17-21)18(3)4/h18H,6-17H2,1-5H3. The fourth-order valence-electron chi connectivity index (χ4n) is 3.71. The van der Waals surface area contributed by atoms with Crippen LogP contribution in [0.1, 0.15) is 86.0 Å². The number of piperazine rings is 1. The minimum absolute atomic E-state index is 0.451. The van der Waals surface area contributed by atoms with Crippen molar-refractivity contribution in [2.75, 3.05) is 26.2 Å². The van der Waals surface area contributed by atoms with Gasteiger partial charge in [0, 0.05) is 37.8 Å². The Morgan fingerprint density at radius 3 is 1.90 bits per heavy atom. The molecule has 0 N–H and O–H groups in total. The Morgan fingerprint density at radius 2 is 1.38 bits per heavy atom. The van der Waals surface area contributed by atoms with Crippen LogP contribution in [0.15, 0.2) is 0 Å². The van der Waals surface area contributed by atoms with Crippen LogP contribution >= 0.6 is 0 Å². The van der Waals surface area contributed by atoms with Gasteiger partial charge in [-0.05, 0) is 33.6 Å². The minimum atomic E-state index is 0.451. The summed E-state index contributed by atoms with van der Waals surface area (Å²) in [6.07, 6.45) is 11.1. The zero-order valence-electron chi connectivity index (χ0n) is 15.5. The average molecular weight is 297 g/mol. The average Bonchev–Trinajstić information content (AvgIpc) is 2.50. The monoisotopic (exact) mass is 296 g/mol. The topological polar surface area (TPSA) is 6.48 Å².